The summed E-state index contributed by atoms with van der Waals surface area (Å²) < 4.78 is 0. The van der Waals surface area contributed by atoms with Gasteiger partial charge in [-0.25, -0.2) is 4.99 Å². The van der Waals surface area contributed by atoms with Crippen molar-refractivity contribution in [1.82, 2.24) is 10.2 Å². The Labute approximate surface area is 133 Å². The van der Waals surface area contributed by atoms with Crippen molar-refractivity contribution < 1.29 is 0 Å². The molecule has 0 saturated carbocycles. The minimum atomic E-state index is 0.0708. The van der Waals surface area contributed by atoms with Crippen LogP contribution < -0.4 is 11.1 Å². The van der Waals surface area contributed by atoms with Crippen LogP contribution in [0.5, 0.6) is 0 Å². The maximum atomic E-state index is 8.23. The fourth-order valence-electron chi connectivity index (χ4n) is 1.66. The maximum absolute atomic E-state index is 8.23. The standard InChI is InChI=1S/C8H8N4S.C5H11N.C2H6/c9-5-11-8(10)12-6-2-1-3-7(13)4-6;1-6-4-2-3-5-6;1-2/h1-4,13H,(H3,10,11,12);2-5H2,1H3;1-2H3. The lowest BCUT2D eigenvalue weighted by Gasteiger charge is -2.01. The van der Waals surface area contributed by atoms with Crippen LogP contribution in [-0.2, 0) is 0 Å². The Morgan fingerprint density at radius 3 is 2.43 bits per heavy atom. The number of nitrogens with zero attached hydrogens (tertiary/aromatic N) is 3. The number of thiol groups is 1. The summed E-state index contributed by atoms with van der Waals surface area (Å²) in [4.78, 5) is 7.08. The summed E-state index contributed by atoms with van der Waals surface area (Å²) >= 11 is 4.13. The van der Waals surface area contributed by atoms with Crippen molar-refractivity contribution in [1.29, 1.82) is 5.26 Å². The van der Waals surface area contributed by atoms with Gasteiger partial charge in [-0.15, -0.1) is 12.6 Å². The van der Waals surface area contributed by atoms with Gasteiger partial charge in [0.15, 0.2) is 6.19 Å². The molecule has 6 heteroatoms. The van der Waals surface area contributed by atoms with Gasteiger partial charge in [0.2, 0.25) is 5.96 Å². The van der Waals surface area contributed by atoms with Gasteiger partial charge in [-0.05, 0) is 51.2 Å². The van der Waals surface area contributed by atoms with E-state index in [1.165, 1.54) is 25.9 Å². The molecule has 1 fully saturated rings. The Kier molecular flexibility index (Phi) is 11.1. The Balaban J connectivity index is 0.000000416. The minimum absolute atomic E-state index is 0.0708. The third-order valence-electron chi connectivity index (χ3n) is 2.59. The molecule has 0 unspecified atom stereocenters. The van der Waals surface area contributed by atoms with Crippen molar-refractivity contribution in [2.75, 3.05) is 20.1 Å². The van der Waals surface area contributed by atoms with E-state index in [9.17, 15) is 0 Å². The van der Waals surface area contributed by atoms with Gasteiger partial charge in [0, 0.05) is 4.90 Å². The molecule has 1 aromatic carbocycles. The number of nitrogens with two attached hydrogens (primary N) is 1. The zero-order valence-electron chi connectivity index (χ0n) is 13.0. The van der Waals surface area contributed by atoms with E-state index in [0.717, 1.165) is 4.90 Å². The Bertz CT molecular complexity index is 461. The van der Waals surface area contributed by atoms with Gasteiger partial charge in [-0.3, -0.25) is 5.32 Å². The zero-order chi connectivity index (χ0) is 16.1. The van der Waals surface area contributed by atoms with Gasteiger partial charge in [0.1, 0.15) is 0 Å². The van der Waals surface area contributed by atoms with Crippen LogP contribution in [0.15, 0.2) is 34.2 Å². The molecule has 0 spiro atoms. The first-order valence-electron chi connectivity index (χ1n) is 7.08. The Hall–Kier alpha value is -1.71. The molecule has 0 radical (unpaired) electrons. The first-order valence-corrected chi connectivity index (χ1v) is 7.53. The second-order valence-corrected chi connectivity index (χ2v) is 4.78. The molecule has 0 aromatic heterocycles. The molecule has 3 N–H and O–H groups in total. The van der Waals surface area contributed by atoms with Gasteiger partial charge in [0.05, 0.1) is 5.69 Å². The molecule has 116 valence electrons. The van der Waals surface area contributed by atoms with Crippen LogP contribution in [0.4, 0.5) is 5.69 Å². The number of likely N-dealkylation sites (tertiary alicyclic amines) is 1. The number of hydrogen-bond donors (Lipinski definition) is 3. The summed E-state index contributed by atoms with van der Waals surface area (Å²) in [5.74, 6) is 0.0708. The van der Waals surface area contributed by atoms with Crippen LogP contribution in [0.2, 0.25) is 0 Å². The zero-order valence-corrected chi connectivity index (χ0v) is 13.9. The smallest absolute Gasteiger partial charge is 0.207 e. The Morgan fingerprint density at radius 1 is 1.38 bits per heavy atom. The van der Waals surface area contributed by atoms with E-state index >= 15 is 0 Å². The van der Waals surface area contributed by atoms with E-state index < -0.39 is 0 Å². The van der Waals surface area contributed by atoms with Crippen molar-refractivity contribution in [3.8, 4) is 6.19 Å². The van der Waals surface area contributed by atoms with E-state index in [1.54, 1.807) is 24.4 Å². The van der Waals surface area contributed by atoms with Crippen LogP contribution >= 0.6 is 12.6 Å². The molecule has 2 rings (SSSR count). The normalized spacial score (nSPS) is 14.1. The summed E-state index contributed by atoms with van der Waals surface area (Å²) in [7, 11) is 2.17. The molecular weight excluding hydrogens is 282 g/mol. The number of benzene rings is 1. The molecule has 0 aliphatic carbocycles. The largest absolute Gasteiger partial charge is 0.369 e. The lowest BCUT2D eigenvalue weighted by atomic mass is 10.3. The molecule has 1 aliphatic heterocycles. The fraction of sp³-hybridized carbons (Fsp3) is 0.467. The van der Waals surface area contributed by atoms with Crippen molar-refractivity contribution >= 4 is 24.3 Å². The molecule has 0 atom stereocenters. The second-order valence-electron chi connectivity index (χ2n) is 4.26. The van der Waals surface area contributed by atoms with Gasteiger partial charge >= 0.3 is 0 Å². The predicted octanol–water partition coefficient (Wildman–Crippen LogP) is 2.73. The van der Waals surface area contributed by atoms with Crippen LogP contribution in [0.1, 0.15) is 26.7 Å². The van der Waals surface area contributed by atoms with Gasteiger partial charge in [0.25, 0.3) is 0 Å². The van der Waals surface area contributed by atoms with E-state index in [2.05, 4.69) is 34.9 Å². The maximum Gasteiger partial charge on any atom is 0.207 e. The average molecular weight is 307 g/mol. The predicted molar refractivity (Wildman–Crippen MR) is 91.8 cm³/mol. The molecule has 1 saturated heterocycles. The highest BCUT2D eigenvalue weighted by Crippen LogP contribution is 2.15. The minimum Gasteiger partial charge on any atom is -0.369 e. The van der Waals surface area contributed by atoms with Crippen molar-refractivity contribution in [2.45, 2.75) is 31.6 Å². The summed E-state index contributed by atoms with van der Waals surface area (Å²) in [6, 6.07) is 7.15. The topological polar surface area (TPSA) is 77.4 Å². The molecule has 1 aliphatic rings. The number of rotatable bonds is 1. The van der Waals surface area contributed by atoms with Crippen molar-refractivity contribution in [3.05, 3.63) is 24.3 Å². The summed E-state index contributed by atoms with van der Waals surface area (Å²) in [5.41, 5.74) is 6.02. The summed E-state index contributed by atoms with van der Waals surface area (Å²) in [5, 5.41) is 10.5. The summed E-state index contributed by atoms with van der Waals surface area (Å²) in [6.45, 7) is 6.64. The number of aliphatic imine (C=N–C) groups is 1. The van der Waals surface area contributed by atoms with Crippen LogP contribution in [-0.4, -0.2) is 31.0 Å². The van der Waals surface area contributed by atoms with Gasteiger partial charge < -0.3 is 10.6 Å². The number of guanidine groups is 1. The summed E-state index contributed by atoms with van der Waals surface area (Å²) in [6.07, 6.45) is 4.50. The van der Waals surface area contributed by atoms with Crippen LogP contribution in [0.3, 0.4) is 0 Å². The van der Waals surface area contributed by atoms with Gasteiger partial charge in [-0.1, -0.05) is 19.9 Å². The molecular formula is C15H25N5S. The molecule has 5 nitrogen and oxygen atoms in total. The average Bonchev–Trinajstić information content (AvgIpc) is 2.93. The van der Waals surface area contributed by atoms with Crippen LogP contribution in [0, 0.1) is 11.5 Å². The first-order chi connectivity index (χ1) is 10.1. The monoisotopic (exact) mass is 307 g/mol. The third kappa shape index (κ3) is 9.77. The lowest BCUT2D eigenvalue weighted by molar-refractivity contribution is 0.418. The molecule has 21 heavy (non-hydrogen) atoms. The van der Waals surface area contributed by atoms with E-state index in [1.807, 2.05) is 19.9 Å². The highest BCUT2D eigenvalue weighted by Gasteiger charge is 2.03. The number of nitriles is 1. The van der Waals surface area contributed by atoms with Gasteiger partial charge in [-0.2, -0.15) is 5.26 Å². The number of hydrogen-bond acceptors (Lipinski definition) is 4. The quantitative estimate of drug-likeness (QED) is 0.245. The highest BCUT2D eigenvalue weighted by molar-refractivity contribution is 7.80. The van der Waals surface area contributed by atoms with E-state index in [-0.39, 0.29) is 5.96 Å². The molecule has 0 bridgehead atoms. The first kappa shape index (κ1) is 19.3. The van der Waals surface area contributed by atoms with Crippen molar-refractivity contribution in [3.63, 3.8) is 0 Å². The van der Waals surface area contributed by atoms with Crippen molar-refractivity contribution in [2.24, 2.45) is 10.7 Å². The van der Waals surface area contributed by atoms with E-state index in [0.29, 0.717) is 5.69 Å². The molecule has 1 heterocycles. The fourth-order valence-corrected chi connectivity index (χ4v) is 1.88. The third-order valence-corrected chi connectivity index (χ3v) is 2.87. The number of nitrogens with one attached hydrogen (secondary N) is 1. The molecule has 1 aromatic rings. The molecule has 0 amide bonds. The second kappa shape index (κ2) is 12.1. The lowest BCUT2D eigenvalue weighted by Crippen LogP contribution is -2.26. The SMILES string of the molecule is CC.CN1CCCC1.N#CNC(N)=Nc1cccc(S)c1. The highest BCUT2D eigenvalue weighted by atomic mass is 32.1. The van der Waals surface area contributed by atoms with E-state index in [4.69, 9.17) is 11.0 Å². The van der Waals surface area contributed by atoms with Crippen LogP contribution in [0.25, 0.3) is 0 Å². The Morgan fingerprint density at radius 2 is 2.00 bits per heavy atom.